The summed E-state index contributed by atoms with van der Waals surface area (Å²) < 4.78 is 0. The van der Waals surface area contributed by atoms with Gasteiger partial charge in [0.2, 0.25) is 0 Å². The van der Waals surface area contributed by atoms with Crippen LogP contribution in [0.15, 0.2) is 6.20 Å². The predicted octanol–water partition coefficient (Wildman–Crippen LogP) is 3.22. The molecule has 1 aromatic rings. The van der Waals surface area contributed by atoms with Crippen LogP contribution in [0.25, 0.3) is 0 Å². The molecule has 0 spiro atoms. The van der Waals surface area contributed by atoms with Crippen molar-refractivity contribution in [3.63, 3.8) is 0 Å². The molecule has 0 aliphatic heterocycles. The number of aromatic nitrogens is 1. The monoisotopic (exact) mass is 287 g/mol. The molecule has 1 N–H and O–H groups in total. The average molecular weight is 287 g/mol. The van der Waals surface area contributed by atoms with E-state index in [1.807, 2.05) is 18.0 Å². The van der Waals surface area contributed by atoms with Gasteiger partial charge in [0.05, 0.1) is 0 Å². The van der Waals surface area contributed by atoms with Crippen LogP contribution in [-0.4, -0.2) is 35.6 Å². The Balaban J connectivity index is 2.57. The fraction of sp³-hybridized carbons (Fsp3) is 0.769. The molecule has 5 heteroatoms. The Morgan fingerprint density at radius 2 is 2.17 bits per heavy atom. The molecule has 0 aliphatic carbocycles. The first-order valence-corrected chi connectivity index (χ1v) is 8.46. The molecule has 0 amide bonds. The first-order valence-electron chi connectivity index (χ1n) is 6.25. The van der Waals surface area contributed by atoms with Crippen LogP contribution in [0.3, 0.4) is 0 Å². The second-order valence-corrected chi connectivity index (χ2v) is 7.63. The highest BCUT2D eigenvalue weighted by Crippen LogP contribution is 2.24. The maximum atomic E-state index is 4.52. The zero-order chi connectivity index (χ0) is 13.8. The van der Waals surface area contributed by atoms with E-state index in [1.54, 1.807) is 11.3 Å². The van der Waals surface area contributed by atoms with Crippen molar-refractivity contribution < 1.29 is 0 Å². The molecule has 0 saturated carbocycles. The Hall–Kier alpha value is -0.260. The Kier molecular flexibility index (Phi) is 5.95. The van der Waals surface area contributed by atoms with Crippen molar-refractivity contribution in [3.05, 3.63) is 11.1 Å². The number of hydrogen-bond acceptors (Lipinski definition) is 5. The highest BCUT2D eigenvalue weighted by molar-refractivity contribution is 7.98. The van der Waals surface area contributed by atoms with Gasteiger partial charge in [-0.1, -0.05) is 0 Å². The molecular weight excluding hydrogens is 262 g/mol. The molecule has 18 heavy (non-hydrogen) atoms. The summed E-state index contributed by atoms with van der Waals surface area (Å²) in [5.41, 5.74) is 0.155. The van der Waals surface area contributed by atoms with Crippen molar-refractivity contribution in [1.82, 2.24) is 10.3 Å². The molecule has 104 valence electrons. The van der Waals surface area contributed by atoms with Crippen molar-refractivity contribution in [1.29, 1.82) is 0 Å². The van der Waals surface area contributed by atoms with Crippen LogP contribution in [0.5, 0.6) is 0 Å². The lowest BCUT2D eigenvalue weighted by Gasteiger charge is -2.23. The molecular formula is C13H25N3S2. The number of nitrogens with zero attached hydrogens (tertiary/aromatic N) is 2. The molecule has 1 unspecified atom stereocenters. The van der Waals surface area contributed by atoms with Crippen molar-refractivity contribution in [2.24, 2.45) is 0 Å². The minimum Gasteiger partial charge on any atom is -0.348 e. The van der Waals surface area contributed by atoms with Gasteiger partial charge < -0.3 is 10.2 Å². The molecule has 3 nitrogen and oxygen atoms in total. The first-order chi connectivity index (χ1) is 8.33. The average Bonchev–Trinajstić information content (AvgIpc) is 2.73. The van der Waals surface area contributed by atoms with Crippen LogP contribution in [0, 0.1) is 0 Å². The van der Waals surface area contributed by atoms with E-state index < -0.39 is 0 Å². The maximum Gasteiger partial charge on any atom is 0.185 e. The molecule has 1 aromatic heterocycles. The number of anilines is 1. The summed E-state index contributed by atoms with van der Waals surface area (Å²) in [6.07, 6.45) is 4.13. The van der Waals surface area contributed by atoms with E-state index in [0.717, 1.165) is 17.4 Å². The Morgan fingerprint density at radius 3 is 2.72 bits per heavy atom. The van der Waals surface area contributed by atoms with Gasteiger partial charge in [-0.3, -0.25) is 0 Å². The summed E-state index contributed by atoms with van der Waals surface area (Å²) in [6, 6.07) is 0.523. The van der Waals surface area contributed by atoms with Crippen LogP contribution < -0.4 is 10.2 Å². The molecule has 0 bridgehead atoms. The Labute approximate surface area is 119 Å². The molecule has 0 radical (unpaired) electrons. The van der Waals surface area contributed by atoms with Gasteiger partial charge in [-0.05, 0) is 34.0 Å². The third kappa shape index (κ3) is 5.16. The molecule has 1 rings (SSSR count). The molecule has 0 aromatic carbocycles. The lowest BCUT2D eigenvalue weighted by Crippen LogP contribution is -2.34. The smallest absolute Gasteiger partial charge is 0.185 e. The number of thioether (sulfide) groups is 1. The zero-order valence-electron chi connectivity index (χ0n) is 12.3. The molecule has 1 atom stereocenters. The fourth-order valence-corrected chi connectivity index (χ4v) is 3.06. The fourth-order valence-electron chi connectivity index (χ4n) is 1.44. The molecule has 0 aliphatic rings. The zero-order valence-corrected chi connectivity index (χ0v) is 13.9. The van der Waals surface area contributed by atoms with Crippen molar-refractivity contribution in [3.8, 4) is 0 Å². The van der Waals surface area contributed by atoms with Crippen LogP contribution >= 0.6 is 23.1 Å². The predicted molar refractivity (Wildman–Crippen MR) is 85.0 cm³/mol. The molecule has 1 heterocycles. The van der Waals surface area contributed by atoms with Crippen molar-refractivity contribution >= 4 is 28.2 Å². The minimum atomic E-state index is 0.155. The van der Waals surface area contributed by atoms with Crippen molar-refractivity contribution in [2.45, 2.75) is 45.8 Å². The topological polar surface area (TPSA) is 28.2 Å². The summed E-state index contributed by atoms with van der Waals surface area (Å²) in [5, 5.41) is 4.61. The lowest BCUT2D eigenvalue weighted by atomic mass is 10.1. The van der Waals surface area contributed by atoms with E-state index in [-0.39, 0.29) is 5.54 Å². The van der Waals surface area contributed by atoms with Gasteiger partial charge in [-0.2, -0.15) is 11.8 Å². The summed E-state index contributed by atoms with van der Waals surface area (Å²) >= 11 is 3.65. The van der Waals surface area contributed by atoms with Gasteiger partial charge in [0.15, 0.2) is 5.13 Å². The van der Waals surface area contributed by atoms with Gasteiger partial charge >= 0.3 is 0 Å². The van der Waals surface area contributed by atoms with E-state index in [2.05, 4.69) is 56.2 Å². The first kappa shape index (κ1) is 15.8. The number of thiazole rings is 1. The lowest BCUT2D eigenvalue weighted by molar-refractivity contribution is 0.426. The van der Waals surface area contributed by atoms with E-state index in [4.69, 9.17) is 0 Å². The van der Waals surface area contributed by atoms with E-state index in [1.165, 1.54) is 4.88 Å². The second kappa shape index (κ2) is 6.78. The highest BCUT2D eigenvalue weighted by atomic mass is 32.2. The third-order valence-electron chi connectivity index (χ3n) is 2.71. The van der Waals surface area contributed by atoms with E-state index in [0.29, 0.717) is 6.04 Å². The van der Waals surface area contributed by atoms with Gasteiger partial charge in [-0.25, -0.2) is 4.98 Å². The van der Waals surface area contributed by atoms with Crippen LogP contribution in [0.2, 0.25) is 0 Å². The minimum absolute atomic E-state index is 0.155. The van der Waals surface area contributed by atoms with E-state index in [9.17, 15) is 0 Å². The molecule has 0 saturated heterocycles. The standard InChI is InChI=1S/C13H25N3S2/c1-10(9-17-6)16(5)12-14-7-11(18-12)8-15-13(2,3)4/h7,10,15H,8-9H2,1-6H3. The normalized spacial score (nSPS) is 13.7. The van der Waals surface area contributed by atoms with Crippen LogP contribution in [0.4, 0.5) is 5.13 Å². The van der Waals surface area contributed by atoms with Gasteiger partial charge in [-0.15, -0.1) is 11.3 Å². The van der Waals surface area contributed by atoms with Gasteiger partial charge in [0.1, 0.15) is 0 Å². The Morgan fingerprint density at radius 1 is 1.50 bits per heavy atom. The third-order valence-corrected chi connectivity index (χ3v) is 4.61. The number of rotatable bonds is 6. The van der Waals surface area contributed by atoms with Crippen molar-refractivity contribution in [2.75, 3.05) is 24.0 Å². The summed E-state index contributed by atoms with van der Waals surface area (Å²) in [4.78, 5) is 8.08. The van der Waals surface area contributed by atoms with Crippen LogP contribution in [0.1, 0.15) is 32.6 Å². The maximum absolute atomic E-state index is 4.52. The summed E-state index contributed by atoms with van der Waals surface area (Å²) in [7, 11) is 2.13. The number of nitrogens with one attached hydrogen (secondary N) is 1. The summed E-state index contributed by atoms with van der Waals surface area (Å²) in [5.74, 6) is 1.13. The Bertz CT molecular complexity index is 357. The highest BCUT2D eigenvalue weighted by Gasteiger charge is 2.14. The van der Waals surface area contributed by atoms with Gasteiger partial charge in [0, 0.05) is 42.0 Å². The second-order valence-electron chi connectivity index (χ2n) is 5.63. The van der Waals surface area contributed by atoms with Crippen LogP contribution in [-0.2, 0) is 6.54 Å². The molecule has 0 fully saturated rings. The quantitative estimate of drug-likeness (QED) is 0.869. The largest absolute Gasteiger partial charge is 0.348 e. The summed E-state index contributed by atoms with van der Waals surface area (Å²) in [6.45, 7) is 9.68. The number of hydrogen-bond donors (Lipinski definition) is 1. The van der Waals surface area contributed by atoms with Gasteiger partial charge in [0.25, 0.3) is 0 Å². The van der Waals surface area contributed by atoms with E-state index >= 15 is 0 Å². The SMILES string of the molecule is CSCC(C)N(C)c1ncc(CNC(C)(C)C)s1.